The van der Waals surface area contributed by atoms with Crippen molar-refractivity contribution in [2.24, 2.45) is 5.73 Å². The van der Waals surface area contributed by atoms with Crippen molar-refractivity contribution in [3.63, 3.8) is 0 Å². The standard InChI is InChI=1S/C6H12N2O3S/c7-1-2-12-4-5(9)8-3-6(10)11/h1-4,7H2,(H,8,9)(H,10,11). The molecule has 0 aromatic carbocycles. The highest BCUT2D eigenvalue weighted by atomic mass is 32.2. The van der Waals surface area contributed by atoms with Gasteiger partial charge in [-0.2, -0.15) is 11.8 Å². The molecule has 70 valence electrons. The minimum absolute atomic E-state index is 0.268. The topological polar surface area (TPSA) is 92.4 Å². The molecule has 0 atom stereocenters. The zero-order valence-corrected chi connectivity index (χ0v) is 7.39. The van der Waals surface area contributed by atoms with E-state index in [-0.39, 0.29) is 18.2 Å². The lowest BCUT2D eigenvalue weighted by molar-refractivity contribution is -0.137. The highest BCUT2D eigenvalue weighted by Gasteiger charge is 2.02. The van der Waals surface area contributed by atoms with Gasteiger partial charge in [-0.1, -0.05) is 0 Å². The number of rotatable bonds is 6. The third-order valence-electron chi connectivity index (χ3n) is 0.932. The van der Waals surface area contributed by atoms with E-state index >= 15 is 0 Å². The van der Waals surface area contributed by atoms with Crippen LogP contribution in [0, 0.1) is 0 Å². The maximum absolute atomic E-state index is 10.8. The van der Waals surface area contributed by atoms with E-state index in [1.807, 2.05) is 0 Å². The Morgan fingerprint density at radius 2 is 2.17 bits per heavy atom. The van der Waals surface area contributed by atoms with Crippen LogP contribution >= 0.6 is 11.8 Å². The van der Waals surface area contributed by atoms with Gasteiger partial charge in [0.25, 0.3) is 0 Å². The third-order valence-corrected chi connectivity index (χ3v) is 1.92. The molecule has 0 saturated carbocycles. The van der Waals surface area contributed by atoms with E-state index in [9.17, 15) is 9.59 Å². The predicted octanol–water partition coefficient (Wildman–Crippen LogP) is -1.12. The van der Waals surface area contributed by atoms with Gasteiger partial charge in [-0.25, -0.2) is 0 Å². The Balaban J connectivity index is 3.28. The SMILES string of the molecule is NCCSCC(=O)NCC(=O)O. The Morgan fingerprint density at radius 3 is 2.67 bits per heavy atom. The van der Waals surface area contributed by atoms with Gasteiger partial charge in [0.15, 0.2) is 0 Å². The third kappa shape index (κ3) is 7.36. The Hall–Kier alpha value is -0.750. The van der Waals surface area contributed by atoms with Crippen LogP contribution in [0.3, 0.4) is 0 Å². The summed E-state index contributed by atoms with van der Waals surface area (Å²) >= 11 is 1.38. The molecule has 6 heteroatoms. The number of amides is 1. The summed E-state index contributed by atoms with van der Waals surface area (Å²) in [6, 6.07) is 0. The van der Waals surface area contributed by atoms with Gasteiger partial charge in [-0.3, -0.25) is 9.59 Å². The molecule has 0 aliphatic rings. The quantitative estimate of drug-likeness (QED) is 0.463. The fraction of sp³-hybridized carbons (Fsp3) is 0.667. The number of aliphatic carboxylic acids is 1. The van der Waals surface area contributed by atoms with Crippen molar-refractivity contribution < 1.29 is 14.7 Å². The summed E-state index contributed by atoms with van der Waals surface area (Å²) in [6.45, 7) is 0.207. The van der Waals surface area contributed by atoms with Gasteiger partial charge in [0, 0.05) is 12.3 Å². The van der Waals surface area contributed by atoms with Crippen LogP contribution < -0.4 is 11.1 Å². The summed E-state index contributed by atoms with van der Waals surface area (Å²) in [5, 5.41) is 10.4. The minimum Gasteiger partial charge on any atom is -0.480 e. The fourth-order valence-corrected chi connectivity index (χ4v) is 1.07. The molecule has 5 nitrogen and oxygen atoms in total. The lowest BCUT2D eigenvalue weighted by atomic mass is 10.6. The molecule has 0 aliphatic carbocycles. The first-order chi connectivity index (χ1) is 5.66. The van der Waals surface area contributed by atoms with Crippen molar-refractivity contribution in [3.05, 3.63) is 0 Å². The van der Waals surface area contributed by atoms with Crippen LogP contribution in [-0.4, -0.2) is 41.6 Å². The average Bonchev–Trinajstić information content (AvgIpc) is 2.01. The van der Waals surface area contributed by atoms with Gasteiger partial charge in [-0.15, -0.1) is 0 Å². The van der Waals surface area contributed by atoms with Crippen molar-refractivity contribution in [1.82, 2.24) is 5.32 Å². The Kier molecular flexibility index (Phi) is 6.50. The van der Waals surface area contributed by atoms with Crippen LogP contribution in [0.5, 0.6) is 0 Å². The first kappa shape index (κ1) is 11.2. The second-order valence-electron chi connectivity index (χ2n) is 2.01. The zero-order chi connectivity index (χ0) is 9.40. The molecule has 0 aliphatic heterocycles. The molecule has 0 aromatic heterocycles. The van der Waals surface area contributed by atoms with E-state index in [0.717, 1.165) is 0 Å². The fourth-order valence-electron chi connectivity index (χ4n) is 0.473. The molecule has 12 heavy (non-hydrogen) atoms. The van der Waals surface area contributed by atoms with E-state index in [1.165, 1.54) is 11.8 Å². The first-order valence-electron chi connectivity index (χ1n) is 3.43. The lowest BCUT2D eigenvalue weighted by Crippen LogP contribution is -2.30. The van der Waals surface area contributed by atoms with E-state index in [0.29, 0.717) is 12.3 Å². The van der Waals surface area contributed by atoms with Gasteiger partial charge >= 0.3 is 5.97 Å². The van der Waals surface area contributed by atoms with Crippen LogP contribution in [0.4, 0.5) is 0 Å². The summed E-state index contributed by atoms with van der Waals surface area (Å²) in [4.78, 5) is 20.8. The van der Waals surface area contributed by atoms with Gasteiger partial charge in [0.1, 0.15) is 6.54 Å². The normalized spacial score (nSPS) is 9.42. The molecule has 1 amide bonds. The molecule has 0 aromatic rings. The van der Waals surface area contributed by atoms with Crippen LogP contribution in [-0.2, 0) is 9.59 Å². The smallest absolute Gasteiger partial charge is 0.322 e. The van der Waals surface area contributed by atoms with E-state index in [4.69, 9.17) is 10.8 Å². The summed E-state index contributed by atoms with van der Waals surface area (Å²) < 4.78 is 0. The van der Waals surface area contributed by atoms with E-state index < -0.39 is 5.97 Å². The molecular formula is C6H12N2O3S. The first-order valence-corrected chi connectivity index (χ1v) is 4.58. The molecular weight excluding hydrogens is 180 g/mol. The Morgan fingerprint density at radius 1 is 1.50 bits per heavy atom. The number of thioether (sulfide) groups is 1. The zero-order valence-electron chi connectivity index (χ0n) is 6.58. The van der Waals surface area contributed by atoms with E-state index in [1.54, 1.807) is 0 Å². The molecule has 0 saturated heterocycles. The lowest BCUT2D eigenvalue weighted by Gasteiger charge is -2.00. The second-order valence-corrected chi connectivity index (χ2v) is 3.12. The largest absolute Gasteiger partial charge is 0.480 e. The molecule has 4 N–H and O–H groups in total. The van der Waals surface area contributed by atoms with Crippen LogP contribution in [0.15, 0.2) is 0 Å². The predicted molar refractivity (Wildman–Crippen MR) is 47.0 cm³/mol. The van der Waals surface area contributed by atoms with Crippen molar-refractivity contribution in [1.29, 1.82) is 0 Å². The van der Waals surface area contributed by atoms with Gasteiger partial charge in [0.05, 0.1) is 5.75 Å². The molecule has 0 unspecified atom stereocenters. The van der Waals surface area contributed by atoms with Crippen LogP contribution in [0.2, 0.25) is 0 Å². The average molecular weight is 192 g/mol. The summed E-state index contributed by atoms with van der Waals surface area (Å²) in [5.74, 6) is -0.326. The Bertz CT molecular complexity index is 163. The van der Waals surface area contributed by atoms with Gasteiger partial charge in [-0.05, 0) is 0 Å². The maximum Gasteiger partial charge on any atom is 0.322 e. The monoisotopic (exact) mass is 192 g/mol. The number of carboxylic acid groups (broad SMARTS) is 1. The number of carboxylic acids is 1. The molecule has 0 bridgehead atoms. The number of nitrogens with one attached hydrogen (secondary N) is 1. The highest BCUT2D eigenvalue weighted by Crippen LogP contribution is 1.95. The number of hydrogen-bond donors (Lipinski definition) is 3. The minimum atomic E-state index is -1.04. The van der Waals surface area contributed by atoms with E-state index in [2.05, 4.69) is 5.32 Å². The van der Waals surface area contributed by atoms with Crippen molar-refractivity contribution in [3.8, 4) is 0 Å². The second kappa shape index (κ2) is 6.93. The molecule has 0 radical (unpaired) electrons. The van der Waals surface area contributed by atoms with Crippen molar-refractivity contribution >= 4 is 23.6 Å². The summed E-state index contributed by atoms with van der Waals surface area (Å²) in [5.41, 5.74) is 5.19. The maximum atomic E-state index is 10.8. The summed E-state index contributed by atoms with van der Waals surface area (Å²) in [6.07, 6.45) is 0. The van der Waals surface area contributed by atoms with Crippen molar-refractivity contribution in [2.45, 2.75) is 0 Å². The molecule has 0 rings (SSSR count). The number of nitrogens with two attached hydrogens (primary N) is 1. The van der Waals surface area contributed by atoms with Crippen LogP contribution in [0.1, 0.15) is 0 Å². The van der Waals surface area contributed by atoms with Crippen molar-refractivity contribution in [2.75, 3.05) is 24.6 Å². The highest BCUT2D eigenvalue weighted by molar-refractivity contribution is 7.99. The van der Waals surface area contributed by atoms with Crippen LogP contribution in [0.25, 0.3) is 0 Å². The van der Waals surface area contributed by atoms with Gasteiger partial charge in [0.2, 0.25) is 5.91 Å². The summed E-state index contributed by atoms with van der Waals surface area (Å²) in [7, 11) is 0. The number of carbonyl (C=O) groups is 2. The van der Waals surface area contributed by atoms with Gasteiger partial charge < -0.3 is 16.2 Å². The molecule has 0 heterocycles. The Labute approximate surface area is 74.7 Å². The number of carbonyl (C=O) groups excluding carboxylic acids is 1. The molecule has 0 fully saturated rings. The number of hydrogen-bond acceptors (Lipinski definition) is 4. The molecule has 0 spiro atoms.